The molecule has 0 aliphatic carbocycles. The van der Waals surface area contributed by atoms with Gasteiger partial charge in [-0.05, 0) is 30.5 Å². The number of nitrogens with zero attached hydrogens (tertiary/aromatic N) is 3. The number of likely N-dealkylation sites (tertiary alicyclic amines) is 1. The molecule has 0 saturated carbocycles. The van der Waals surface area contributed by atoms with Gasteiger partial charge in [-0.15, -0.1) is 11.3 Å². The second-order valence-electron chi connectivity index (χ2n) is 6.33. The van der Waals surface area contributed by atoms with Gasteiger partial charge in [0.15, 0.2) is 0 Å². The van der Waals surface area contributed by atoms with Crippen molar-refractivity contribution in [2.24, 2.45) is 11.1 Å². The molecule has 7 nitrogen and oxygen atoms in total. The molecule has 1 aromatic carbocycles. The number of carbonyl (C=O) groups is 1. The first kappa shape index (κ1) is 16.5. The molecule has 0 radical (unpaired) electrons. The van der Waals surface area contributed by atoms with Gasteiger partial charge in [-0.1, -0.05) is 6.92 Å². The number of non-ortho nitro benzene ring substituents is 1. The first-order chi connectivity index (χ1) is 11.4. The summed E-state index contributed by atoms with van der Waals surface area (Å²) in [6, 6.07) is 6.16. The lowest BCUT2D eigenvalue weighted by molar-refractivity contribution is -0.384. The fraction of sp³-hybridized carbons (Fsp3) is 0.375. The zero-order valence-electron chi connectivity index (χ0n) is 13.3. The van der Waals surface area contributed by atoms with Crippen molar-refractivity contribution in [3.05, 3.63) is 45.5 Å². The highest BCUT2D eigenvalue weighted by Crippen LogP contribution is 2.31. The molecule has 2 heterocycles. The predicted molar refractivity (Wildman–Crippen MR) is 91.9 cm³/mol. The van der Waals surface area contributed by atoms with Gasteiger partial charge in [-0.3, -0.25) is 14.9 Å². The van der Waals surface area contributed by atoms with Crippen LogP contribution >= 0.6 is 11.3 Å². The molecule has 24 heavy (non-hydrogen) atoms. The molecule has 1 aliphatic rings. The number of benzene rings is 1. The second-order valence-corrected chi connectivity index (χ2v) is 7.19. The number of amides is 1. The first-order valence-corrected chi connectivity index (χ1v) is 8.49. The Labute approximate surface area is 143 Å². The molecule has 2 aromatic rings. The molecule has 1 fully saturated rings. The number of hydrogen-bond acceptors (Lipinski definition) is 6. The van der Waals surface area contributed by atoms with Crippen molar-refractivity contribution in [3.8, 4) is 10.6 Å². The third kappa shape index (κ3) is 3.15. The molecule has 2 N–H and O–H groups in total. The minimum Gasteiger partial charge on any atom is -0.337 e. The Morgan fingerprint density at radius 1 is 1.46 bits per heavy atom. The van der Waals surface area contributed by atoms with Crippen molar-refractivity contribution in [3.63, 3.8) is 0 Å². The molecule has 1 aromatic heterocycles. The number of hydrogen-bond donors (Lipinski definition) is 1. The Bertz CT molecular complexity index is 774. The van der Waals surface area contributed by atoms with Crippen LogP contribution in [0.25, 0.3) is 10.6 Å². The Balaban J connectivity index is 1.76. The topological polar surface area (TPSA) is 102 Å². The molecule has 1 unspecified atom stereocenters. The van der Waals surface area contributed by atoms with Crippen LogP contribution in [0.5, 0.6) is 0 Å². The van der Waals surface area contributed by atoms with E-state index in [1.807, 2.05) is 0 Å². The summed E-state index contributed by atoms with van der Waals surface area (Å²) < 4.78 is 0. The highest BCUT2D eigenvalue weighted by atomic mass is 32.1. The second kappa shape index (κ2) is 6.29. The summed E-state index contributed by atoms with van der Waals surface area (Å²) in [6.07, 6.45) is 0.897. The van der Waals surface area contributed by atoms with Crippen LogP contribution in [-0.4, -0.2) is 40.3 Å². The monoisotopic (exact) mass is 346 g/mol. The molecule has 3 rings (SSSR count). The number of aromatic nitrogens is 1. The summed E-state index contributed by atoms with van der Waals surface area (Å²) in [5, 5.41) is 13.1. The van der Waals surface area contributed by atoms with Gasteiger partial charge < -0.3 is 10.6 Å². The highest BCUT2D eigenvalue weighted by molar-refractivity contribution is 7.13. The Morgan fingerprint density at radius 2 is 2.17 bits per heavy atom. The van der Waals surface area contributed by atoms with E-state index in [1.165, 1.54) is 23.5 Å². The van der Waals surface area contributed by atoms with E-state index in [9.17, 15) is 14.9 Å². The highest BCUT2D eigenvalue weighted by Gasteiger charge is 2.35. The lowest BCUT2D eigenvalue weighted by atomic mass is 9.90. The minimum absolute atomic E-state index is 0.0210. The van der Waals surface area contributed by atoms with Crippen LogP contribution in [0.2, 0.25) is 0 Å². The van der Waals surface area contributed by atoms with Crippen molar-refractivity contribution in [1.82, 2.24) is 9.88 Å². The van der Waals surface area contributed by atoms with Gasteiger partial charge in [0.25, 0.3) is 11.6 Å². The van der Waals surface area contributed by atoms with Crippen molar-refractivity contribution in [2.75, 3.05) is 19.6 Å². The molecular formula is C16H18N4O3S. The van der Waals surface area contributed by atoms with Gasteiger partial charge in [0.2, 0.25) is 0 Å². The molecule has 0 bridgehead atoms. The van der Waals surface area contributed by atoms with Crippen LogP contribution in [0, 0.1) is 15.5 Å². The molecule has 1 aliphatic heterocycles. The van der Waals surface area contributed by atoms with E-state index in [2.05, 4.69) is 11.9 Å². The molecule has 126 valence electrons. The summed E-state index contributed by atoms with van der Waals surface area (Å²) in [7, 11) is 0. The van der Waals surface area contributed by atoms with Crippen LogP contribution < -0.4 is 5.73 Å². The maximum Gasteiger partial charge on any atom is 0.273 e. The SMILES string of the molecule is CC1(CN)CCN(C(=O)c2csc(-c3ccc([N+](=O)[O-])cc3)n2)C1. The van der Waals surface area contributed by atoms with Crippen molar-refractivity contribution >= 4 is 22.9 Å². The molecule has 1 saturated heterocycles. The average Bonchev–Trinajstić information content (AvgIpc) is 3.22. The van der Waals surface area contributed by atoms with Crippen molar-refractivity contribution < 1.29 is 9.72 Å². The van der Waals surface area contributed by atoms with E-state index in [-0.39, 0.29) is 17.0 Å². The molecule has 8 heteroatoms. The Kier molecular flexibility index (Phi) is 4.33. The smallest absolute Gasteiger partial charge is 0.273 e. The third-order valence-electron chi connectivity index (χ3n) is 4.39. The Hall–Kier alpha value is -2.32. The largest absolute Gasteiger partial charge is 0.337 e. The summed E-state index contributed by atoms with van der Waals surface area (Å²) >= 11 is 1.36. The van der Waals surface area contributed by atoms with Crippen LogP contribution in [-0.2, 0) is 0 Å². The standard InChI is InChI=1S/C16H18N4O3S/c1-16(9-17)6-7-19(10-16)15(21)13-8-24-14(18-13)11-2-4-12(5-3-11)20(22)23/h2-5,8H,6-7,9-10,17H2,1H3. The third-order valence-corrected chi connectivity index (χ3v) is 5.28. The van der Waals surface area contributed by atoms with Crippen molar-refractivity contribution in [1.29, 1.82) is 0 Å². The van der Waals surface area contributed by atoms with Crippen LogP contribution in [0.1, 0.15) is 23.8 Å². The van der Waals surface area contributed by atoms with Gasteiger partial charge in [0.1, 0.15) is 10.7 Å². The van der Waals surface area contributed by atoms with E-state index < -0.39 is 4.92 Å². The van der Waals surface area contributed by atoms with E-state index in [0.29, 0.717) is 30.3 Å². The number of rotatable bonds is 4. The van der Waals surface area contributed by atoms with E-state index in [4.69, 9.17) is 5.73 Å². The van der Waals surface area contributed by atoms with Gasteiger partial charge in [0.05, 0.1) is 4.92 Å². The van der Waals surface area contributed by atoms with Gasteiger partial charge in [0, 0.05) is 36.2 Å². The van der Waals surface area contributed by atoms with Gasteiger partial charge in [-0.2, -0.15) is 0 Å². The number of nitrogens with two attached hydrogens (primary N) is 1. The zero-order valence-corrected chi connectivity index (χ0v) is 14.1. The quantitative estimate of drug-likeness (QED) is 0.677. The fourth-order valence-electron chi connectivity index (χ4n) is 2.76. The zero-order chi connectivity index (χ0) is 17.3. The maximum atomic E-state index is 12.6. The normalized spacial score (nSPS) is 20.3. The van der Waals surface area contributed by atoms with E-state index in [0.717, 1.165) is 12.0 Å². The van der Waals surface area contributed by atoms with Crippen LogP contribution in [0.3, 0.4) is 0 Å². The number of carbonyl (C=O) groups excluding carboxylic acids is 1. The number of nitro groups is 1. The van der Waals surface area contributed by atoms with E-state index >= 15 is 0 Å². The molecule has 1 atom stereocenters. The number of nitro benzene ring substituents is 1. The lowest BCUT2D eigenvalue weighted by Gasteiger charge is -2.22. The average molecular weight is 346 g/mol. The van der Waals surface area contributed by atoms with Crippen molar-refractivity contribution in [2.45, 2.75) is 13.3 Å². The Morgan fingerprint density at radius 3 is 2.75 bits per heavy atom. The molecule has 0 spiro atoms. The van der Waals surface area contributed by atoms with Crippen LogP contribution in [0.15, 0.2) is 29.6 Å². The summed E-state index contributed by atoms with van der Waals surface area (Å²) in [4.78, 5) is 29.0. The predicted octanol–water partition coefficient (Wildman–Crippen LogP) is 2.53. The van der Waals surface area contributed by atoms with Crippen LogP contribution in [0.4, 0.5) is 5.69 Å². The maximum absolute atomic E-state index is 12.6. The molecular weight excluding hydrogens is 328 g/mol. The van der Waals surface area contributed by atoms with Gasteiger partial charge in [-0.25, -0.2) is 4.98 Å². The summed E-state index contributed by atoms with van der Waals surface area (Å²) in [6.45, 7) is 3.98. The molecule has 1 amide bonds. The number of thiazole rings is 1. The first-order valence-electron chi connectivity index (χ1n) is 7.61. The van der Waals surface area contributed by atoms with Gasteiger partial charge >= 0.3 is 0 Å². The summed E-state index contributed by atoms with van der Waals surface area (Å²) in [5.41, 5.74) is 6.97. The van der Waals surface area contributed by atoms with E-state index in [1.54, 1.807) is 22.4 Å². The minimum atomic E-state index is -0.442. The fourth-order valence-corrected chi connectivity index (χ4v) is 3.56. The lowest BCUT2D eigenvalue weighted by Crippen LogP contribution is -2.34. The summed E-state index contributed by atoms with van der Waals surface area (Å²) in [5.74, 6) is -0.0865.